The third-order valence-corrected chi connectivity index (χ3v) is 2.00. The number of hydrogen-bond acceptors (Lipinski definition) is 3. The van der Waals surface area contributed by atoms with Crippen LogP contribution in [0.3, 0.4) is 0 Å². The number of Topliss-reactive ketones (excluding diaryl/α,β-unsaturated/α-hetero) is 1. The highest BCUT2D eigenvalue weighted by atomic mass is 16.5. The number of ketones is 1. The van der Waals surface area contributed by atoms with Gasteiger partial charge < -0.3 is 4.74 Å². The van der Waals surface area contributed by atoms with Gasteiger partial charge in [-0.05, 0) is 12.1 Å². The first-order valence-corrected chi connectivity index (χ1v) is 4.05. The molecule has 0 saturated carbocycles. The van der Waals surface area contributed by atoms with E-state index in [0.717, 1.165) is 0 Å². The number of benzene rings is 1. The number of hydrogen-bond donors (Lipinski definition) is 0. The van der Waals surface area contributed by atoms with Crippen molar-refractivity contribution in [3.63, 3.8) is 0 Å². The first-order valence-electron chi connectivity index (χ1n) is 4.05. The summed E-state index contributed by atoms with van der Waals surface area (Å²) in [4.78, 5) is 15.7. The molecule has 0 spiro atoms. The van der Waals surface area contributed by atoms with Gasteiger partial charge in [-0.1, -0.05) is 12.1 Å². The van der Waals surface area contributed by atoms with Crippen molar-refractivity contribution in [2.24, 2.45) is 4.99 Å². The molecule has 0 unspecified atom stereocenters. The minimum Gasteiger partial charge on any atom is -0.484 e. The van der Waals surface area contributed by atoms with E-state index in [1.807, 2.05) is 18.2 Å². The molecule has 0 aromatic heterocycles. The monoisotopic (exact) mass is 175 g/mol. The third-order valence-electron chi connectivity index (χ3n) is 2.00. The topological polar surface area (TPSA) is 38.7 Å². The van der Waals surface area contributed by atoms with Crippen molar-refractivity contribution >= 4 is 17.4 Å². The lowest BCUT2D eigenvalue weighted by molar-refractivity contribution is 0.0993. The number of ether oxygens (including phenoxy) is 1. The van der Waals surface area contributed by atoms with Gasteiger partial charge in [0, 0.05) is 5.56 Å². The predicted octanol–water partition coefficient (Wildman–Crippen LogP) is 1.95. The quantitative estimate of drug-likeness (QED) is 0.604. The molecule has 2 rings (SSSR count). The van der Waals surface area contributed by atoms with Gasteiger partial charge in [0.1, 0.15) is 0 Å². The molecular formula is C10H9NO2. The summed E-state index contributed by atoms with van der Waals surface area (Å²) in [7, 11) is 1.53. The lowest BCUT2D eigenvalue weighted by atomic mass is 10.0. The molecule has 0 atom stereocenters. The van der Waals surface area contributed by atoms with Crippen molar-refractivity contribution < 1.29 is 9.53 Å². The minimum absolute atomic E-state index is 0.0717. The van der Waals surface area contributed by atoms with Crippen LogP contribution in [0.25, 0.3) is 0 Å². The minimum atomic E-state index is 0.0717. The number of carbonyl (C=O) groups is 1. The average molecular weight is 175 g/mol. The maximum atomic E-state index is 11.5. The lowest BCUT2D eigenvalue weighted by Gasteiger charge is -2.12. The van der Waals surface area contributed by atoms with Crippen LogP contribution >= 0.6 is 0 Å². The van der Waals surface area contributed by atoms with Crippen LogP contribution in [0.1, 0.15) is 16.8 Å². The molecule has 3 heteroatoms. The first-order chi connectivity index (χ1) is 6.31. The maximum Gasteiger partial charge on any atom is 0.196 e. The Balaban J connectivity index is 2.53. The van der Waals surface area contributed by atoms with Crippen molar-refractivity contribution in [1.82, 2.24) is 0 Å². The zero-order valence-corrected chi connectivity index (χ0v) is 7.28. The smallest absolute Gasteiger partial charge is 0.196 e. The number of methoxy groups -OCH3 is 1. The van der Waals surface area contributed by atoms with E-state index < -0.39 is 0 Å². The zero-order chi connectivity index (χ0) is 9.26. The van der Waals surface area contributed by atoms with E-state index in [1.165, 1.54) is 7.11 Å². The van der Waals surface area contributed by atoms with Crippen LogP contribution in [0, 0.1) is 0 Å². The van der Waals surface area contributed by atoms with E-state index in [4.69, 9.17) is 4.74 Å². The average Bonchev–Trinajstić information content (AvgIpc) is 2.18. The van der Waals surface area contributed by atoms with Gasteiger partial charge >= 0.3 is 0 Å². The van der Waals surface area contributed by atoms with Crippen molar-refractivity contribution in [2.75, 3.05) is 7.11 Å². The molecule has 0 N–H and O–H groups in total. The molecular weight excluding hydrogens is 166 g/mol. The lowest BCUT2D eigenvalue weighted by Crippen LogP contribution is -2.14. The molecule has 1 aromatic carbocycles. The van der Waals surface area contributed by atoms with Crippen LogP contribution in [-0.2, 0) is 4.74 Å². The Kier molecular flexibility index (Phi) is 1.85. The van der Waals surface area contributed by atoms with Crippen LogP contribution in [0.5, 0.6) is 0 Å². The fourth-order valence-corrected chi connectivity index (χ4v) is 1.33. The number of nitrogens with zero attached hydrogens (tertiary/aromatic N) is 1. The van der Waals surface area contributed by atoms with Gasteiger partial charge in [0.05, 0.1) is 19.2 Å². The van der Waals surface area contributed by atoms with Crippen LogP contribution in [0.15, 0.2) is 29.3 Å². The Hall–Kier alpha value is -1.64. The van der Waals surface area contributed by atoms with Crippen LogP contribution in [0.4, 0.5) is 5.69 Å². The van der Waals surface area contributed by atoms with Crippen molar-refractivity contribution in [3.05, 3.63) is 29.8 Å². The molecule has 0 aliphatic carbocycles. The summed E-state index contributed by atoms with van der Waals surface area (Å²) in [6, 6.07) is 7.29. The van der Waals surface area contributed by atoms with Crippen molar-refractivity contribution in [1.29, 1.82) is 0 Å². The Bertz CT molecular complexity index is 382. The molecule has 3 nitrogen and oxygen atoms in total. The third kappa shape index (κ3) is 1.33. The van der Waals surface area contributed by atoms with Crippen LogP contribution in [-0.4, -0.2) is 18.8 Å². The van der Waals surface area contributed by atoms with Crippen LogP contribution in [0.2, 0.25) is 0 Å². The number of carbonyl (C=O) groups excluding carboxylic acids is 1. The summed E-state index contributed by atoms with van der Waals surface area (Å²) in [5.41, 5.74) is 1.39. The molecule has 1 aromatic rings. The van der Waals surface area contributed by atoms with Gasteiger partial charge in [0.25, 0.3) is 0 Å². The van der Waals surface area contributed by atoms with E-state index in [0.29, 0.717) is 17.1 Å². The van der Waals surface area contributed by atoms with Crippen LogP contribution < -0.4 is 0 Å². The van der Waals surface area contributed by atoms with Gasteiger partial charge in [-0.3, -0.25) is 4.79 Å². The molecule has 0 radical (unpaired) electrons. The van der Waals surface area contributed by atoms with Gasteiger partial charge in [0.2, 0.25) is 0 Å². The van der Waals surface area contributed by atoms with Gasteiger partial charge in [-0.25, -0.2) is 4.99 Å². The fraction of sp³-hybridized carbons (Fsp3) is 0.200. The largest absolute Gasteiger partial charge is 0.484 e. The summed E-state index contributed by atoms with van der Waals surface area (Å²) >= 11 is 0. The van der Waals surface area contributed by atoms with Crippen molar-refractivity contribution in [2.45, 2.75) is 6.42 Å². The molecule has 1 aliphatic heterocycles. The standard InChI is InChI=1S/C10H9NO2/c1-13-10-6-9(12)7-4-2-3-5-8(7)11-10/h2-5H,6H2,1H3. The Labute approximate surface area is 76.1 Å². The number of aliphatic imine (C=N–C) groups is 1. The van der Waals surface area contributed by atoms with Gasteiger partial charge in [-0.15, -0.1) is 0 Å². The Morgan fingerprint density at radius 2 is 2.15 bits per heavy atom. The highest BCUT2D eigenvalue weighted by Crippen LogP contribution is 2.25. The van der Waals surface area contributed by atoms with E-state index >= 15 is 0 Å². The molecule has 1 aliphatic rings. The second kappa shape index (κ2) is 3.01. The number of para-hydroxylation sites is 1. The Morgan fingerprint density at radius 3 is 2.92 bits per heavy atom. The van der Waals surface area contributed by atoms with E-state index in [-0.39, 0.29) is 12.2 Å². The van der Waals surface area contributed by atoms with Gasteiger partial charge in [-0.2, -0.15) is 0 Å². The molecule has 0 bridgehead atoms. The molecule has 0 amide bonds. The molecule has 0 saturated heterocycles. The zero-order valence-electron chi connectivity index (χ0n) is 7.28. The van der Waals surface area contributed by atoms with E-state index in [1.54, 1.807) is 6.07 Å². The summed E-state index contributed by atoms with van der Waals surface area (Å²) in [6.07, 6.45) is 0.271. The molecule has 1 heterocycles. The maximum absolute atomic E-state index is 11.5. The fourth-order valence-electron chi connectivity index (χ4n) is 1.33. The number of fused-ring (bicyclic) bond motifs is 1. The highest BCUT2D eigenvalue weighted by Gasteiger charge is 2.19. The number of rotatable bonds is 0. The molecule has 13 heavy (non-hydrogen) atoms. The van der Waals surface area contributed by atoms with Gasteiger partial charge in [0.15, 0.2) is 11.7 Å². The molecule has 66 valence electrons. The summed E-state index contributed by atoms with van der Waals surface area (Å²) in [6.45, 7) is 0. The van der Waals surface area contributed by atoms with E-state index in [2.05, 4.69) is 4.99 Å². The summed E-state index contributed by atoms with van der Waals surface area (Å²) in [5, 5.41) is 0. The summed E-state index contributed by atoms with van der Waals surface area (Å²) in [5.74, 6) is 0.561. The highest BCUT2D eigenvalue weighted by molar-refractivity contribution is 6.13. The predicted molar refractivity (Wildman–Crippen MR) is 49.5 cm³/mol. The second-order valence-corrected chi connectivity index (χ2v) is 2.83. The SMILES string of the molecule is COC1=Nc2ccccc2C(=O)C1. The molecule has 0 fully saturated rings. The summed E-state index contributed by atoms with van der Waals surface area (Å²) < 4.78 is 4.95. The first kappa shape index (κ1) is 7.98. The van der Waals surface area contributed by atoms with E-state index in [9.17, 15) is 4.79 Å². The Morgan fingerprint density at radius 1 is 1.38 bits per heavy atom. The van der Waals surface area contributed by atoms with Crippen molar-refractivity contribution in [3.8, 4) is 0 Å². The second-order valence-electron chi connectivity index (χ2n) is 2.83. The normalized spacial score (nSPS) is 14.8.